The van der Waals surface area contributed by atoms with Crippen LogP contribution in [-0.2, 0) is 4.79 Å². The lowest BCUT2D eigenvalue weighted by atomic mass is 10.0. The first kappa shape index (κ1) is 22.0. The summed E-state index contributed by atoms with van der Waals surface area (Å²) in [5.74, 6) is 2.51. The van der Waals surface area contributed by atoms with Crippen LogP contribution in [0.3, 0.4) is 0 Å². The fourth-order valence-corrected chi connectivity index (χ4v) is 3.99. The van der Waals surface area contributed by atoms with E-state index in [1.807, 2.05) is 49.1 Å². The molecule has 6 heteroatoms. The summed E-state index contributed by atoms with van der Waals surface area (Å²) in [6, 6.07) is 13.9. The maximum atomic E-state index is 13.0. The first-order chi connectivity index (χ1) is 14.6. The lowest BCUT2D eigenvalue weighted by molar-refractivity contribution is -0.131. The zero-order chi connectivity index (χ0) is 21.5. The van der Waals surface area contributed by atoms with Gasteiger partial charge >= 0.3 is 0 Å². The van der Waals surface area contributed by atoms with E-state index in [4.69, 9.17) is 14.2 Å². The second kappa shape index (κ2) is 10.3. The van der Waals surface area contributed by atoms with Crippen LogP contribution in [0.25, 0.3) is 0 Å². The highest BCUT2D eigenvalue weighted by Crippen LogP contribution is 2.33. The zero-order valence-electron chi connectivity index (χ0n) is 18.3. The van der Waals surface area contributed by atoms with E-state index in [0.717, 1.165) is 47.8 Å². The molecule has 1 aliphatic heterocycles. The third-order valence-electron chi connectivity index (χ3n) is 5.61. The fraction of sp³-hybridized carbons (Fsp3) is 0.458. The van der Waals surface area contributed by atoms with Crippen molar-refractivity contribution in [3.63, 3.8) is 0 Å². The molecule has 6 nitrogen and oxygen atoms in total. The predicted octanol–water partition coefficient (Wildman–Crippen LogP) is 4.12. The highest BCUT2D eigenvalue weighted by molar-refractivity contribution is 5.79. The van der Waals surface area contributed by atoms with Crippen LogP contribution >= 0.6 is 0 Å². The number of hydrogen-bond acceptors (Lipinski definition) is 5. The van der Waals surface area contributed by atoms with Gasteiger partial charge < -0.3 is 24.4 Å². The van der Waals surface area contributed by atoms with Gasteiger partial charge in [-0.25, -0.2) is 0 Å². The summed E-state index contributed by atoms with van der Waals surface area (Å²) >= 11 is 0. The number of nitrogens with one attached hydrogen (secondary N) is 1. The third kappa shape index (κ3) is 5.05. The Morgan fingerprint density at radius 2 is 1.87 bits per heavy atom. The molecule has 1 saturated heterocycles. The molecule has 0 bridgehead atoms. The molecular weight excluding hydrogens is 380 g/mol. The first-order valence-corrected chi connectivity index (χ1v) is 10.5. The number of amides is 1. The molecule has 0 aliphatic carbocycles. The summed E-state index contributed by atoms with van der Waals surface area (Å²) in [4.78, 5) is 15.0. The van der Waals surface area contributed by atoms with Crippen LogP contribution in [0, 0.1) is 0 Å². The van der Waals surface area contributed by atoms with E-state index in [1.54, 1.807) is 14.2 Å². The molecule has 1 heterocycles. The fourth-order valence-electron chi connectivity index (χ4n) is 3.99. The first-order valence-electron chi connectivity index (χ1n) is 10.5. The molecule has 1 aliphatic rings. The van der Waals surface area contributed by atoms with Crippen LogP contribution in [0.5, 0.6) is 17.2 Å². The summed E-state index contributed by atoms with van der Waals surface area (Å²) < 4.78 is 16.3. The second-order valence-corrected chi connectivity index (χ2v) is 7.46. The molecule has 1 amide bonds. The van der Waals surface area contributed by atoms with Crippen molar-refractivity contribution >= 4 is 5.91 Å². The van der Waals surface area contributed by atoms with Crippen molar-refractivity contribution in [3.8, 4) is 17.2 Å². The van der Waals surface area contributed by atoms with Crippen molar-refractivity contribution in [2.75, 3.05) is 33.9 Å². The van der Waals surface area contributed by atoms with Gasteiger partial charge in [0.15, 0.2) is 0 Å². The summed E-state index contributed by atoms with van der Waals surface area (Å²) in [5.41, 5.74) is 2.13. The third-order valence-corrected chi connectivity index (χ3v) is 5.61. The molecule has 30 heavy (non-hydrogen) atoms. The monoisotopic (exact) mass is 412 g/mol. The summed E-state index contributed by atoms with van der Waals surface area (Å²) in [6.45, 7) is 5.71. The van der Waals surface area contributed by atoms with Gasteiger partial charge in [0.05, 0.1) is 33.4 Å². The van der Waals surface area contributed by atoms with E-state index in [2.05, 4.69) is 17.4 Å². The van der Waals surface area contributed by atoms with Gasteiger partial charge in [0.1, 0.15) is 17.2 Å². The van der Waals surface area contributed by atoms with Crippen molar-refractivity contribution in [1.29, 1.82) is 0 Å². The molecule has 1 fully saturated rings. The number of ether oxygens (including phenoxy) is 3. The Morgan fingerprint density at radius 1 is 1.13 bits per heavy atom. The average molecular weight is 413 g/mol. The number of benzene rings is 2. The lowest BCUT2D eigenvalue weighted by Crippen LogP contribution is -2.38. The van der Waals surface area contributed by atoms with Gasteiger partial charge in [0.2, 0.25) is 5.91 Å². The molecule has 2 aromatic rings. The van der Waals surface area contributed by atoms with E-state index in [1.165, 1.54) is 0 Å². The SMILES string of the molecule is CCOc1ccc(C2CCCN2C(=O)CNC(C)c2cc(OC)ccc2OC)cc1. The topological polar surface area (TPSA) is 60.0 Å². The average Bonchev–Trinajstić information content (AvgIpc) is 3.27. The van der Waals surface area contributed by atoms with Crippen molar-refractivity contribution in [2.45, 2.75) is 38.8 Å². The molecule has 0 aromatic heterocycles. The molecule has 3 rings (SSSR count). The van der Waals surface area contributed by atoms with Gasteiger partial charge in [-0.15, -0.1) is 0 Å². The van der Waals surface area contributed by atoms with Gasteiger partial charge in [0.25, 0.3) is 0 Å². The number of methoxy groups -OCH3 is 2. The molecule has 2 unspecified atom stereocenters. The molecule has 162 valence electrons. The number of carbonyl (C=O) groups is 1. The number of likely N-dealkylation sites (tertiary alicyclic amines) is 1. The second-order valence-electron chi connectivity index (χ2n) is 7.46. The van der Waals surface area contributed by atoms with E-state index in [9.17, 15) is 4.79 Å². The number of rotatable bonds is 9. The zero-order valence-corrected chi connectivity index (χ0v) is 18.3. The predicted molar refractivity (Wildman–Crippen MR) is 117 cm³/mol. The van der Waals surface area contributed by atoms with E-state index in [-0.39, 0.29) is 24.5 Å². The molecular formula is C24H32N2O4. The van der Waals surface area contributed by atoms with Crippen LogP contribution in [0.2, 0.25) is 0 Å². The lowest BCUT2D eigenvalue weighted by Gasteiger charge is -2.26. The van der Waals surface area contributed by atoms with Crippen molar-refractivity contribution in [3.05, 3.63) is 53.6 Å². The molecule has 0 spiro atoms. The summed E-state index contributed by atoms with van der Waals surface area (Å²) in [5, 5.41) is 3.35. The quantitative estimate of drug-likeness (QED) is 0.671. The van der Waals surface area contributed by atoms with Crippen molar-refractivity contribution in [2.24, 2.45) is 0 Å². The van der Waals surface area contributed by atoms with Gasteiger partial charge in [-0.1, -0.05) is 12.1 Å². The Hall–Kier alpha value is -2.73. The number of nitrogens with zero attached hydrogens (tertiary/aromatic N) is 1. The van der Waals surface area contributed by atoms with Gasteiger partial charge in [0, 0.05) is 18.2 Å². The van der Waals surface area contributed by atoms with Gasteiger partial charge in [-0.3, -0.25) is 4.79 Å². The maximum absolute atomic E-state index is 13.0. The summed E-state index contributed by atoms with van der Waals surface area (Å²) in [7, 11) is 3.29. The van der Waals surface area contributed by atoms with Crippen molar-refractivity contribution < 1.29 is 19.0 Å². The molecule has 2 aromatic carbocycles. The van der Waals surface area contributed by atoms with E-state index in [0.29, 0.717) is 6.61 Å². The smallest absolute Gasteiger partial charge is 0.237 e. The number of carbonyl (C=O) groups excluding carboxylic acids is 1. The Morgan fingerprint density at radius 3 is 2.53 bits per heavy atom. The highest BCUT2D eigenvalue weighted by atomic mass is 16.5. The number of hydrogen-bond donors (Lipinski definition) is 1. The van der Waals surface area contributed by atoms with Gasteiger partial charge in [-0.2, -0.15) is 0 Å². The Labute approximate surface area is 179 Å². The van der Waals surface area contributed by atoms with E-state index < -0.39 is 0 Å². The highest BCUT2D eigenvalue weighted by Gasteiger charge is 2.30. The molecule has 1 N–H and O–H groups in total. The van der Waals surface area contributed by atoms with E-state index >= 15 is 0 Å². The Balaban J connectivity index is 1.64. The minimum Gasteiger partial charge on any atom is -0.497 e. The minimum atomic E-state index is -0.0504. The molecule has 0 saturated carbocycles. The normalized spacial score (nSPS) is 16.9. The molecule has 2 atom stereocenters. The van der Waals surface area contributed by atoms with Crippen LogP contribution in [-0.4, -0.2) is 44.7 Å². The molecule has 0 radical (unpaired) electrons. The largest absolute Gasteiger partial charge is 0.497 e. The van der Waals surface area contributed by atoms with Crippen LogP contribution in [0.1, 0.15) is 49.9 Å². The van der Waals surface area contributed by atoms with Gasteiger partial charge in [-0.05, 0) is 62.6 Å². The minimum absolute atomic E-state index is 0.0504. The standard InChI is InChI=1S/C24H32N2O4/c1-5-30-19-10-8-18(9-11-19)22-7-6-14-26(22)24(27)16-25-17(2)21-15-20(28-3)12-13-23(21)29-4/h8-13,15,17,22,25H,5-7,14,16H2,1-4H3. The van der Waals surface area contributed by atoms with Crippen LogP contribution in [0.4, 0.5) is 0 Å². The maximum Gasteiger partial charge on any atom is 0.237 e. The summed E-state index contributed by atoms with van der Waals surface area (Å²) in [6.07, 6.45) is 2.00. The van der Waals surface area contributed by atoms with Crippen LogP contribution in [0.15, 0.2) is 42.5 Å². The van der Waals surface area contributed by atoms with Crippen LogP contribution < -0.4 is 19.5 Å². The Kier molecular flexibility index (Phi) is 7.57. The van der Waals surface area contributed by atoms with Crippen molar-refractivity contribution in [1.82, 2.24) is 10.2 Å². The Bertz CT molecular complexity index is 838.